The Hall–Kier alpha value is -1.81. The van der Waals surface area contributed by atoms with Gasteiger partial charge in [-0.1, -0.05) is 37.8 Å². The molecule has 1 unspecified atom stereocenters. The summed E-state index contributed by atoms with van der Waals surface area (Å²) in [6.07, 6.45) is 2.80. The maximum Gasteiger partial charge on any atom is 0.329 e. The van der Waals surface area contributed by atoms with Crippen LogP contribution in [0.15, 0.2) is 43.0 Å². The van der Waals surface area contributed by atoms with Crippen molar-refractivity contribution in [3.8, 4) is 0 Å². The molecular formula is C16H23NO3. The number of aliphatic hydroxyl groups excluding tert-OH is 1. The molecule has 1 aromatic carbocycles. The summed E-state index contributed by atoms with van der Waals surface area (Å²) in [6, 6.07) is 9.25. The van der Waals surface area contributed by atoms with Gasteiger partial charge in [0.1, 0.15) is 12.6 Å². The van der Waals surface area contributed by atoms with E-state index in [1.807, 2.05) is 35.2 Å². The fourth-order valence-corrected chi connectivity index (χ4v) is 2.09. The molecular weight excluding hydrogens is 254 g/mol. The lowest BCUT2D eigenvalue weighted by Gasteiger charge is -2.31. The van der Waals surface area contributed by atoms with E-state index in [1.165, 1.54) is 0 Å². The number of ether oxygens (including phenoxy) is 1. The fourth-order valence-electron chi connectivity index (χ4n) is 2.09. The van der Waals surface area contributed by atoms with Gasteiger partial charge in [0, 0.05) is 25.3 Å². The van der Waals surface area contributed by atoms with Crippen molar-refractivity contribution in [1.82, 2.24) is 0 Å². The Kier molecular flexibility index (Phi) is 7.43. The number of benzene rings is 1. The molecule has 110 valence electrons. The first-order valence-electron chi connectivity index (χ1n) is 6.94. The van der Waals surface area contributed by atoms with Crippen molar-refractivity contribution >= 4 is 11.7 Å². The second-order valence-electron chi connectivity index (χ2n) is 4.48. The van der Waals surface area contributed by atoms with E-state index < -0.39 is 6.04 Å². The van der Waals surface area contributed by atoms with E-state index in [0.29, 0.717) is 6.42 Å². The predicted octanol–water partition coefficient (Wildman–Crippen LogP) is 2.38. The van der Waals surface area contributed by atoms with Crippen molar-refractivity contribution in [1.29, 1.82) is 0 Å². The van der Waals surface area contributed by atoms with E-state index in [-0.39, 0.29) is 19.2 Å². The van der Waals surface area contributed by atoms with Crippen molar-refractivity contribution < 1.29 is 14.6 Å². The van der Waals surface area contributed by atoms with Crippen LogP contribution in [0.5, 0.6) is 0 Å². The molecule has 1 rings (SSSR count). The monoisotopic (exact) mass is 277 g/mol. The van der Waals surface area contributed by atoms with Gasteiger partial charge in [0.2, 0.25) is 0 Å². The average molecular weight is 277 g/mol. The molecule has 0 aliphatic rings. The maximum atomic E-state index is 12.2. The Bertz CT molecular complexity index is 405. The van der Waals surface area contributed by atoms with Crippen molar-refractivity contribution in [3.05, 3.63) is 43.0 Å². The van der Waals surface area contributed by atoms with Gasteiger partial charge in [-0.15, -0.1) is 0 Å². The fraction of sp³-hybridized carbons (Fsp3) is 0.438. The number of carbonyl (C=O) groups is 1. The molecule has 0 saturated carbocycles. The molecule has 0 bridgehead atoms. The van der Waals surface area contributed by atoms with Crippen molar-refractivity contribution in [2.45, 2.75) is 25.8 Å². The summed E-state index contributed by atoms with van der Waals surface area (Å²) in [5.41, 5.74) is 0.961. The minimum Gasteiger partial charge on any atom is -0.460 e. The van der Waals surface area contributed by atoms with Gasteiger partial charge in [-0.3, -0.25) is 0 Å². The van der Waals surface area contributed by atoms with Crippen molar-refractivity contribution in [2.24, 2.45) is 0 Å². The number of nitrogens with zero attached hydrogens (tertiary/aromatic N) is 1. The molecule has 0 aliphatic carbocycles. The molecule has 0 aliphatic heterocycles. The van der Waals surface area contributed by atoms with Crippen LogP contribution < -0.4 is 4.90 Å². The molecule has 1 atom stereocenters. The molecule has 0 aromatic heterocycles. The normalized spacial score (nSPS) is 11.7. The number of hydrogen-bond acceptors (Lipinski definition) is 4. The van der Waals surface area contributed by atoms with E-state index in [9.17, 15) is 9.90 Å². The Labute approximate surface area is 120 Å². The van der Waals surface area contributed by atoms with Crippen LogP contribution in [0.1, 0.15) is 19.8 Å². The topological polar surface area (TPSA) is 49.8 Å². The smallest absolute Gasteiger partial charge is 0.329 e. The lowest BCUT2D eigenvalue weighted by Crippen LogP contribution is -2.43. The van der Waals surface area contributed by atoms with Crippen LogP contribution in [-0.2, 0) is 9.53 Å². The molecule has 1 aromatic rings. The minimum absolute atomic E-state index is 0.0547. The summed E-state index contributed by atoms with van der Waals surface area (Å²) >= 11 is 0. The Morgan fingerprint density at radius 1 is 1.45 bits per heavy atom. The van der Waals surface area contributed by atoms with Crippen LogP contribution >= 0.6 is 0 Å². The third kappa shape index (κ3) is 4.70. The summed E-state index contributed by atoms with van der Waals surface area (Å²) in [4.78, 5) is 14.1. The van der Waals surface area contributed by atoms with E-state index in [0.717, 1.165) is 18.7 Å². The van der Waals surface area contributed by atoms with E-state index in [2.05, 4.69) is 13.5 Å². The summed E-state index contributed by atoms with van der Waals surface area (Å²) in [6.45, 7) is 6.46. The quantitative estimate of drug-likeness (QED) is 0.556. The highest BCUT2D eigenvalue weighted by Gasteiger charge is 2.26. The first-order chi connectivity index (χ1) is 9.74. The number of anilines is 1. The average Bonchev–Trinajstić information content (AvgIpc) is 2.49. The lowest BCUT2D eigenvalue weighted by molar-refractivity contribution is -0.144. The van der Waals surface area contributed by atoms with E-state index >= 15 is 0 Å². The third-order valence-electron chi connectivity index (χ3n) is 2.95. The largest absolute Gasteiger partial charge is 0.460 e. The number of esters is 1. The number of rotatable bonds is 9. The lowest BCUT2D eigenvalue weighted by atomic mass is 10.1. The van der Waals surface area contributed by atoms with Crippen molar-refractivity contribution in [3.63, 3.8) is 0 Å². The third-order valence-corrected chi connectivity index (χ3v) is 2.95. The standard InChI is InChI=1S/C16H23NO3/c1-3-11-17(14-8-6-5-7-9-14)15(10-12-18)16(19)20-13-4-2/h4-9,15,18H,2-3,10-13H2,1H3. The molecule has 4 nitrogen and oxygen atoms in total. The number of aliphatic hydroxyl groups is 1. The minimum atomic E-state index is -0.470. The van der Waals surface area contributed by atoms with Gasteiger partial charge in [0.05, 0.1) is 0 Å². The zero-order valence-electron chi connectivity index (χ0n) is 12.0. The molecule has 20 heavy (non-hydrogen) atoms. The van der Waals surface area contributed by atoms with Gasteiger partial charge in [-0.05, 0) is 18.6 Å². The zero-order valence-corrected chi connectivity index (χ0v) is 12.0. The van der Waals surface area contributed by atoms with Crippen LogP contribution in [-0.4, -0.2) is 36.9 Å². The van der Waals surface area contributed by atoms with Crippen LogP contribution in [0.25, 0.3) is 0 Å². The van der Waals surface area contributed by atoms with Crippen LogP contribution in [0.4, 0.5) is 5.69 Å². The number of carbonyl (C=O) groups excluding carboxylic acids is 1. The zero-order chi connectivity index (χ0) is 14.8. The highest BCUT2D eigenvalue weighted by Crippen LogP contribution is 2.19. The molecule has 0 saturated heterocycles. The second kappa shape index (κ2) is 9.15. The first-order valence-corrected chi connectivity index (χ1v) is 6.94. The summed E-state index contributed by atoms with van der Waals surface area (Å²) in [5.74, 6) is -0.323. The van der Waals surface area contributed by atoms with Gasteiger partial charge < -0.3 is 14.7 Å². The Morgan fingerprint density at radius 2 is 2.15 bits per heavy atom. The van der Waals surface area contributed by atoms with Crippen LogP contribution in [0.2, 0.25) is 0 Å². The first kappa shape index (κ1) is 16.2. The number of hydrogen-bond donors (Lipinski definition) is 1. The number of para-hydroxylation sites is 1. The maximum absolute atomic E-state index is 12.2. The van der Waals surface area contributed by atoms with Gasteiger partial charge in [-0.2, -0.15) is 0 Å². The second-order valence-corrected chi connectivity index (χ2v) is 4.48. The highest BCUT2D eigenvalue weighted by molar-refractivity contribution is 5.80. The van der Waals surface area contributed by atoms with Gasteiger partial charge in [-0.25, -0.2) is 4.79 Å². The van der Waals surface area contributed by atoms with Crippen LogP contribution in [0.3, 0.4) is 0 Å². The predicted molar refractivity (Wildman–Crippen MR) is 80.7 cm³/mol. The molecule has 0 heterocycles. The molecule has 0 radical (unpaired) electrons. The van der Waals surface area contributed by atoms with E-state index in [4.69, 9.17) is 4.74 Å². The van der Waals surface area contributed by atoms with Gasteiger partial charge in [0.15, 0.2) is 0 Å². The van der Waals surface area contributed by atoms with Crippen molar-refractivity contribution in [2.75, 3.05) is 24.7 Å². The Balaban J connectivity index is 2.93. The molecule has 0 amide bonds. The SMILES string of the molecule is C=CCOC(=O)C(CCO)N(CCC)c1ccccc1. The summed E-state index contributed by atoms with van der Waals surface area (Å²) in [7, 11) is 0. The van der Waals surface area contributed by atoms with Gasteiger partial charge >= 0.3 is 5.97 Å². The molecule has 0 spiro atoms. The molecule has 0 fully saturated rings. The summed E-state index contributed by atoms with van der Waals surface area (Å²) < 4.78 is 5.14. The molecule has 4 heteroatoms. The molecule has 1 N–H and O–H groups in total. The summed E-state index contributed by atoms with van der Waals surface area (Å²) in [5, 5.41) is 9.22. The van der Waals surface area contributed by atoms with E-state index in [1.54, 1.807) is 6.08 Å². The van der Waals surface area contributed by atoms with Gasteiger partial charge in [0.25, 0.3) is 0 Å². The Morgan fingerprint density at radius 3 is 2.70 bits per heavy atom. The van der Waals surface area contributed by atoms with Crippen LogP contribution in [0, 0.1) is 0 Å². The highest BCUT2D eigenvalue weighted by atomic mass is 16.5.